The molecule has 2 heterocycles. The molecule has 0 saturated heterocycles. The van der Waals surface area contributed by atoms with Crippen LogP contribution in [-0.2, 0) is 0 Å². The number of benzene rings is 1. The Hall–Kier alpha value is -2.34. The molecule has 100 valence electrons. The van der Waals surface area contributed by atoms with Crippen LogP contribution in [0.3, 0.4) is 0 Å². The quantitative estimate of drug-likeness (QED) is 0.745. The van der Waals surface area contributed by atoms with Gasteiger partial charge in [-0.1, -0.05) is 18.2 Å². The van der Waals surface area contributed by atoms with Gasteiger partial charge in [0.2, 0.25) is 5.88 Å². The average Bonchev–Trinajstić information content (AvgIpc) is 2.50. The number of anilines is 1. The van der Waals surface area contributed by atoms with E-state index in [1.54, 1.807) is 25.6 Å². The van der Waals surface area contributed by atoms with Crippen LogP contribution in [0.4, 0.5) is 5.69 Å². The van der Waals surface area contributed by atoms with Crippen LogP contribution in [0.15, 0.2) is 52.8 Å². The van der Waals surface area contributed by atoms with Crippen molar-refractivity contribution in [1.29, 1.82) is 0 Å². The molecular formula is C14H12N4OS. The maximum absolute atomic E-state index is 5.95. The SMILES string of the molecule is COc1ccc(N)c(Sc2ncnc3ccccc23)n1. The lowest BCUT2D eigenvalue weighted by atomic mass is 10.2. The highest BCUT2D eigenvalue weighted by Gasteiger charge is 2.10. The third-order valence-corrected chi connectivity index (χ3v) is 3.81. The van der Waals surface area contributed by atoms with Crippen molar-refractivity contribution in [2.45, 2.75) is 10.1 Å². The molecule has 0 amide bonds. The highest BCUT2D eigenvalue weighted by Crippen LogP contribution is 2.33. The van der Waals surface area contributed by atoms with E-state index in [1.165, 1.54) is 11.8 Å². The van der Waals surface area contributed by atoms with Gasteiger partial charge in [-0.05, 0) is 23.9 Å². The Kier molecular flexibility index (Phi) is 3.39. The molecule has 0 unspecified atom stereocenters. The van der Waals surface area contributed by atoms with Gasteiger partial charge in [0, 0.05) is 11.5 Å². The lowest BCUT2D eigenvalue weighted by molar-refractivity contribution is 0.395. The van der Waals surface area contributed by atoms with Crippen LogP contribution in [0.5, 0.6) is 5.88 Å². The van der Waals surface area contributed by atoms with E-state index in [9.17, 15) is 0 Å². The van der Waals surface area contributed by atoms with Crippen LogP contribution in [0, 0.1) is 0 Å². The molecule has 20 heavy (non-hydrogen) atoms. The van der Waals surface area contributed by atoms with Gasteiger partial charge in [0.05, 0.1) is 18.3 Å². The Morgan fingerprint density at radius 3 is 2.75 bits per heavy atom. The summed E-state index contributed by atoms with van der Waals surface area (Å²) in [6.07, 6.45) is 1.54. The molecule has 0 spiro atoms. The van der Waals surface area contributed by atoms with Crippen molar-refractivity contribution in [3.63, 3.8) is 0 Å². The minimum Gasteiger partial charge on any atom is -0.481 e. The lowest BCUT2D eigenvalue weighted by Crippen LogP contribution is -1.95. The predicted molar refractivity (Wildman–Crippen MR) is 78.9 cm³/mol. The van der Waals surface area contributed by atoms with E-state index in [1.807, 2.05) is 24.3 Å². The predicted octanol–water partition coefficient (Wildman–Crippen LogP) is 2.77. The Morgan fingerprint density at radius 1 is 1.05 bits per heavy atom. The average molecular weight is 284 g/mol. The van der Waals surface area contributed by atoms with Crippen LogP contribution in [0.25, 0.3) is 10.9 Å². The van der Waals surface area contributed by atoms with Gasteiger partial charge >= 0.3 is 0 Å². The van der Waals surface area contributed by atoms with E-state index in [0.717, 1.165) is 15.9 Å². The number of hydrogen-bond donors (Lipinski definition) is 1. The zero-order chi connectivity index (χ0) is 13.9. The Morgan fingerprint density at radius 2 is 1.90 bits per heavy atom. The van der Waals surface area contributed by atoms with Gasteiger partial charge in [0.25, 0.3) is 0 Å². The number of ether oxygens (including phenoxy) is 1. The number of nitrogens with two attached hydrogens (primary N) is 1. The van der Waals surface area contributed by atoms with Crippen LogP contribution in [0.2, 0.25) is 0 Å². The van der Waals surface area contributed by atoms with Crippen molar-refractivity contribution in [3.05, 3.63) is 42.7 Å². The summed E-state index contributed by atoms with van der Waals surface area (Å²) in [5, 5.41) is 2.47. The second-order valence-electron chi connectivity index (χ2n) is 4.05. The highest BCUT2D eigenvalue weighted by atomic mass is 32.2. The molecule has 0 aliphatic heterocycles. The van der Waals surface area contributed by atoms with Crippen LogP contribution >= 0.6 is 11.8 Å². The number of aromatic nitrogens is 3. The number of hydrogen-bond acceptors (Lipinski definition) is 6. The van der Waals surface area contributed by atoms with Crippen LogP contribution in [0.1, 0.15) is 0 Å². The first-order chi connectivity index (χ1) is 9.78. The van der Waals surface area contributed by atoms with Gasteiger partial charge in [0.15, 0.2) is 0 Å². The normalized spacial score (nSPS) is 10.7. The summed E-state index contributed by atoms with van der Waals surface area (Å²) >= 11 is 1.41. The minimum absolute atomic E-state index is 0.528. The fraction of sp³-hybridized carbons (Fsp3) is 0.0714. The molecule has 0 aliphatic carbocycles. The number of para-hydroxylation sites is 1. The molecule has 0 atom stereocenters. The maximum atomic E-state index is 5.95. The molecule has 1 aromatic carbocycles. The molecule has 0 radical (unpaired) electrons. The smallest absolute Gasteiger partial charge is 0.214 e. The standard InChI is InChI=1S/C14H12N4OS/c1-19-12-7-6-10(15)14(18-12)20-13-9-4-2-3-5-11(9)16-8-17-13/h2-8H,15H2,1H3. The summed E-state index contributed by atoms with van der Waals surface area (Å²) in [6, 6.07) is 11.3. The second kappa shape index (κ2) is 5.34. The lowest BCUT2D eigenvalue weighted by Gasteiger charge is -2.07. The van der Waals surface area contributed by atoms with E-state index in [2.05, 4.69) is 15.0 Å². The highest BCUT2D eigenvalue weighted by molar-refractivity contribution is 7.99. The maximum Gasteiger partial charge on any atom is 0.214 e. The van der Waals surface area contributed by atoms with Crippen molar-refractivity contribution in [3.8, 4) is 5.88 Å². The molecule has 3 aromatic rings. The van der Waals surface area contributed by atoms with Crippen molar-refractivity contribution >= 4 is 28.4 Å². The molecule has 5 nitrogen and oxygen atoms in total. The second-order valence-corrected chi connectivity index (χ2v) is 5.02. The van der Waals surface area contributed by atoms with Crippen LogP contribution in [-0.4, -0.2) is 22.1 Å². The summed E-state index contributed by atoms with van der Waals surface area (Å²) in [5.41, 5.74) is 7.44. The van der Waals surface area contributed by atoms with E-state index >= 15 is 0 Å². The number of nitrogen functional groups attached to an aromatic ring is 1. The number of fused-ring (bicyclic) bond motifs is 1. The zero-order valence-corrected chi connectivity index (χ0v) is 11.6. The number of methoxy groups -OCH3 is 1. The summed E-state index contributed by atoms with van der Waals surface area (Å²) in [4.78, 5) is 12.9. The van der Waals surface area contributed by atoms with E-state index in [4.69, 9.17) is 10.5 Å². The first-order valence-electron chi connectivity index (χ1n) is 5.96. The minimum atomic E-state index is 0.528. The third-order valence-electron chi connectivity index (χ3n) is 2.77. The summed E-state index contributed by atoms with van der Waals surface area (Å²) < 4.78 is 5.12. The molecule has 6 heteroatoms. The molecule has 2 aromatic heterocycles. The topological polar surface area (TPSA) is 73.9 Å². The van der Waals surface area contributed by atoms with Gasteiger partial charge in [0.1, 0.15) is 16.4 Å². The van der Waals surface area contributed by atoms with E-state index in [-0.39, 0.29) is 0 Å². The van der Waals surface area contributed by atoms with E-state index < -0.39 is 0 Å². The Bertz CT molecular complexity index is 758. The molecule has 0 fully saturated rings. The summed E-state index contributed by atoms with van der Waals surface area (Å²) in [6.45, 7) is 0. The Balaban J connectivity index is 2.05. The van der Waals surface area contributed by atoms with Gasteiger partial charge in [-0.15, -0.1) is 0 Å². The van der Waals surface area contributed by atoms with Gasteiger partial charge < -0.3 is 10.5 Å². The third kappa shape index (κ3) is 2.37. The fourth-order valence-electron chi connectivity index (χ4n) is 1.78. The number of pyridine rings is 1. The first kappa shape index (κ1) is 12.7. The molecule has 2 N–H and O–H groups in total. The largest absolute Gasteiger partial charge is 0.481 e. The van der Waals surface area contributed by atoms with Crippen molar-refractivity contribution in [1.82, 2.24) is 15.0 Å². The van der Waals surface area contributed by atoms with Gasteiger partial charge in [-0.3, -0.25) is 0 Å². The van der Waals surface area contributed by atoms with E-state index in [0.29, 0.717) is 16.6 Å². The number of nitrogens with zero attached hydrogens (tertiary/aromatic N) is 3. The van der Waals surface area contributed by atoms with Crippen LogP contribution < -0.4 is 10.5 Å². The van der Waals surface area contributed by atoms with Crippen molar-refractivity contribution in [2.24, 2.45) is 0 Å². The number of rotatable bonds is 3. The molecule has 0 bridgehead atoms. The van der Waals surface area contributed by atoms with Crippen molar-refractivity contribution < 1.29 is 4.74 Å². The molecule has 0 saturated carbocycles. The fourth-order valence-corrected chi connectivity index (χ4v) is 2.67. The molecular weight excluding hydrogens is 272 g/mol. The first-order valence-corrected chi connectivity index (χ1v) is 6.77. The molecule has 0 aliphatic rings. The monoisotopic (exact) mass is 284 g/mol. The van der Waals surface area contributed by atoms with Gasteiger partial charge in [-0.25, -0.2) is 15.0 Å². The summed E-state index contributed by atoms with van der Waals surface area (Å²) in [5.74, 6) is 0.528. The molecule has 3 rings (SSSR count). The zero-order valence-electron chi connectivity index (χ0n) is 10.8. The Labute approximate surface area is 120 Å². The summed E-state index contributed by atoms with van der Waals surface area (Å²) in [7, 11) is 1.58. The van der Waals surface area contributed by atoms with Crippen molar-refractivity contribution in [2.75, 3.05) is 12.8 Å². The van der Waals surface area contributed by atoms with Gasteiger partial charge in [-0.2, -0.15) is 0 Å².